The van der Waals surface area contributed by atoms with Crippen molar-refractivity contribution in [2.45, 2.75) is 6.92 Å². The van der Waals surface area contributed by atoms with Crippen molar-refractivity contribution in [1.29, 1.82) is 0 Å². The summed E-state index contributed by atoms with van der Waals surface area (Å²) < 4.78 is 42.8. The first-order valence-electron chi connectivity index (χ1n) is 8.85. The number of hydrogen-bond acceptors (Lipinski definition) is 4. The van der Waals surface area contributed by atoms with Crippen LogP contribution in [0.15, 0.2) is 48.7 Å². The highest BCUT2D eigenvalue weighted by Gasteiger charge is 2.41. The summed E-state index contributed by atoms with van der Waals surface area (Å²) >= 11 is 0. The normalized spacial score (nSPS) is 13.4. The Morgan fingerprint density at radius 1 is 0.933 bits per heavy atom. The van der Waals surface area contributed by atoms with Crippen molar-refractivity contribution >= 4 is 28.5 Å². The molecule has 148 valence electrons. The van der Waals surface area contributed by atoms with Gasteiger partial charge >= 0.3 is 0 Å². The van der Waals surface area contributed by atoms with E-state index in [0.29, 0.717) is 5.69 Å². The molecule has 0 aliphatic carbocycles. The number of aromatic nitrogens is 3. The van der Waals surface area contributed by atoms with E-state index in [9.17, 15) is 22.8 Å². The third kappa shape index (κ3) is 2.45. The Hall–Kier alpha value is -4.01. The highest BCUT2D eigenvalue weighted by Crippen LogP contribution is 2.35. The molecule has 6 nitrogen and oxygen atoms in total. The smallest absolute Gasteiger partial charge is 0.267 e. The second-order valence-electron chi connectivity index (χ2n) is 6.77. The van der Waals surface area contributed by atoms with Gasteiger partial charge in [0.15, 0.2) is 5.65 Å². The third-order valence-corrected chi connectivity index (χ3v) is 4.91. The predicted octanol–water partition coefficient (Wildman–Crippen LogP) is 3.95. The minimum Gasteiger partial charge on any atom is -0.268 e. The number of para-hydroxylation sites is 1. The first-order chi connectivity index (χ1) is 14.4. The summed E-state index contributed by atoms with van der Waals surface area (Å²) in [5.74, 6) is -3.76. The largest absolute Gasteiger partial charge is 0.268 e. The van der Waals surface area contributed by atoms with Crippen LogP contribution in [0.1, 0.15) is 26.4 Å². The second kappa shape index (κ2) is 6.24. The molecule has 0 radical (unpaired) electrons. The number of carbonyl (C=O) groups excluding carboxylic acids is 2. The second-order valence-corrected chi connectivity index (χ2v) is 6.77. The molecule has 0 spiro atoms. The average molecular weight is 408 g/mol. The number of aryl methyl sites for hydroxylation is 1. The quantitative estimate of drug-likeness (QED) is 0.471. The summed E-state index contributed by atoms with van der Waals surface area (Å²) in [5, 5.41) is 4.52. The molecule has 0 bridgehead atoms. The fourth-order valence-electron chi connectivity index (χ4n) is 3.65. The van der Waals surface area contributed by atoms with Gasteiger partial charge in [0.25, 0.3) is 11.8 Å². The molecule has 2 aromatic heterocycles. The molecular formula is C21H11F3N4O2. The summed E-state index contributed by atoms with van der Waals surface area (Å²) in [5.41, 5.74) is 0.399. The van der Waals surface area contributed by atoms with Gasteiger partial charge in [0.05, 0.1) is 33.6 Å². The summed E-state index contributed by atoms with van der Waals surface area (Å²) in [6, 6.07) is 8.30. The van der Waals surface area contributed by atoms with E-state index in [1.165, 1.54) is 29.1 Å². The van der Waals surface area contributed by atoms with Crippen LogP contribution in [0, 0.1) is 24.4 Å². The van der Waals surface area contributed by atoms with Crippen LogP contribution in [0.5, 0.6) is 0 Å². The number of rotatable bonds is 2. The first kappa shape index (κ1) is 18.0. The van der Waals surface area contributed by atoms with Gasteiger partial charge in [0.1, 0.15) is 17.5 Å². The molecule has 4 aromatic rings. The molecule has 0 N–H and O–H groups in total. The van der Waals surface area contributed by atoms with Crippen LogP contribution in [0.2, 0.25) is 0 Å². The number of hydrogen-bond donors (Lipinski definition) is 0. The summed E-state index contributed by atoms with van der Waals surface area (Å²) in [6.45, 7) is 1.58. The third-order valence-electron chi connectivity index (χ3n) is 4.91. The van der Waals surface area contributed by atoms with Crippen LogP contribution in [-0.2, 0) is 0 Å². The molecule has 1 aliphatic rings. The Kier molecular flexibility index (Phi) is 3.76. The Morgan fingerprint density at radius 3 is 2.33 bits per heavy atom. The number of pyridine rings is 1. The first-order valence-corrected chi connectivity index (χ1v) is 8.85. The van der Waals surface area contributed by atoms with Crippen LogP contribution in [0.4, 0.5) is 18.9 Å². The number of nitrogens with zero attached hydrogens (tertiary/aromatic N) is 4. The Morgan fingerprint density at radius 2 is 1.63 bits per heavy atom. The fourth-order valence-corrected chi connectivity index (χ4v) is 3.65. The van der Waals surface area contributed by atoms with Gasteiger partial charge in [-0.1, -0.05) is 12.1 Å². The van der Waals surface area contributed by atoms with Gasteiger partial charge in [-0.05, 0) is 31.2 Å². The van der Waals surface area contributed by atoms with E-state index in [4.69, 9.17) is 0 Å². The standard InChI is InChI=1S/C21H11F3N4O2/c1-10-17-18-14(20(29)27(21(18)30)16-5-3-2-4-15(16)24)9-25-19(17)28(26-10)13-7-11(22)6-12(23)8-13/h2-9H,1H3. The average Bonchev–Trinajstić information content (AvgIpc) is 3.16. The monoisotopic (exact) mass is 408 g/mol. The van der Waals surface area contributed by atoms with Crippen molar-refractivity contribution in [3.05, 3.63) is 82.9 Å². The molecule has 3 heterocycles. The van der Waals surface area contributed by atoms with Crippen molar-refractivity contribution in [2.24, 2.45) is 0 Å². The number of carbonyl (C=O) groups is 2. The number of imide groups is 1. The van der Waals surface area contributed by atoms with Gasteiger partial charge < -0.3 is 0 Å². The van der Waals surface area contributed by atoms with Gasteiger partial charge in [0.2, 0.25) is 0 Å². The molecule has 0 fully saturated rings. The Balaban J connectivity index is 1.74. The van der Waals surface area contributed by atoms with Crippen LogP contribution < -0.4 is 4.90 Å². The maximum atomic E-state index is 14.3. The van der Waals surface area contributed by atoms with E-state index in [2.05, 4.69) is 10.1 Å². The van der Waals surface area contributed by atoms with Crippen molar-refractivity contribution in [1.82, 2.24) is 14.8 Å². The van der Waals surface area contributed by atoms with Crippen molar-refractivity contribution in [3.63, 3.8) is 0 Å². The van der Waals surface area contributed by atoms with Crippen molar-refractivity contribution in [2.75, 3.05) is 4.90 Å². The highest BCUT2D eigenvalue weighted by atomic mass is 19.1. The SMILES string of the molecule is Cc1nn(-c2cc(F)cc(F)c2)c2ncc3c(c12)C(=O)N(c1ccccc1F)C3=O. The Labute approximate surface area is 167 Å². The number of anilines is 1. The van der Waals surface area contributed by atoms with Crippen LogP contribution >= 0.6 is 0 Å². The lowest BCUT2D eigenvalue weighted by Gasteiger charge is -2.14. The van der Waals surface area contributed by atoms with Crippen molar-refractivity contribution < 1.29 is 22.8 Å². The molecule has 0 unspecified atom stereocenters. The molecule has 0 atom stereocenters. The fraction of sp³-hybridized carbons (Fsp3) is 0.0476. The lowest BCUT2D eigenvalue weighted by molar-refractivity contribution is 0.0925. The minimum atomic E-state index is -0.801. The molecule has 2 amide bonds. The molecule has 0 saturated heterocycles. The van der Waals surface area contributed by atoms with E-state index in [0.717, 1.165) is 29.2 Å². The van der Waals surface area contributed by atoms with Crippen LogP contribution in [-0.4, -0.2) is 26.6 Å². The van der Waals surface area contributed by atoms with Gasteiger partial charge in [-0.3, -0.25) is 9.59 Å². The van der Waals surface area contributed by atoms with E-state index in [1.54, 1.807) is 6.92 Å². The molecule has 9 heteroatoms. The molecule has 30 heavy (non-hydrogen) atoms. The summed E-state index contributed by atoms with van der Waals surface area (Å²) in [6.07, 6.45) is 1.19. The highest BCUT2D eigenvalue weighted by molar-refractivity contribution is 6.37. The lowest BCUT2D eigenvalue weighted by atomic mass is 10.1. The van der Waals surface area contributed by atoms with Gasteiger partial charge in [0, 0.05) is 12.3 Å². The predicted molar refractivity (Wildman–Crippen MR) is 101 cm³/mol. The zero-order chi connectivity index (χ0) is 21.2. The molecule has 2 aromatic carbocycles. The summed E-state index contributed by atoms with van der Waals surface area (Å²) in [4.78, 5) is 30.9. The topological polar surface area (TPSA) is 68.1 Å². The zero-order valence-electron chi connectivity index (χ0n) is 15.4. The van der Waals surface area contributed by atoms with E-state index < -0.39 is 29.3 Å². The number of halogens is 3. The van der Waals surface area contributed by atoms with E-state index in [1.807, 2.05) is 0 Å². The van der Waals surface area contributed by atoms with Crippen molar-refractivity contribution in [3.8, 4) is 5.69 Å². The van der Waals surface area contributed by atoms with Crippen LogP contribution in [0.25, 0.3) is 16.7 Å². The van der Waals surface area contributed by atoms with Gasteiger partial charge in [-0.2, -0.15) is 5.10 Å². The maximum absolute atomic E-state index is 14.3. The zero-order valence-corrected chi connectivity index (χ0v) is 15.4. The summed E-state index contributed by atoms with van der Waals surface area (Å²) in [7, 11) is 0. The van der Waals surface area contributed by atoms with Gasteiger partial charge in [-0.15, -0.1) is 0 Å². The maximum Gasteiger partial charge on any atom is 0.267 e. The molecule has 5 rings (SSSR count). The minimum absolute atomic E-state index is 0.00354. The molecule has 1 aliphatic heterocycles. The lowest BCUT2D eigenvalue weighted by Crippen LogP contribution is -2.30. The Bertz CT molecular complexity index is 1380. The van der Waals surface area contributed by atoms with Crippen LogP contribution in [0.3, 0.4) is 0 Å². The molecule has 0 saturated carbocycles. The number of benzene rings is 2. The van der Waals surface area contributed by atoms with E-state index >= 15 is 0 Å². The van der Waals surface area contributed by atoms with Gasteiger partial charge in [-0.25, -0.2) is 27.7 Å². The van der Waals surface area contributed by atoms with E-state index in [-0.39, 0.29) is 33.5 Å². The number of amides is 2. The number of fused-ring (bicyclic) bond motifs is 3. The molecular weight excluding hydrogens is 397 g/mol.